The summed E-state index contributed by atoms with van der Waals surface area (Å²) >= 11 is 12.5. The van der Waals surface area contributed by atoms with Crippen LogP contribution in [0.5, 0.6) is 0 Å². The minimum absolute atomic E-state index is 0.0582. The molecule has 1 atom stereocenters. The Morgan fingerprint density at radius 2 is 1.68 bits per heavy atom. The molecule has 0 spiro atoms. The van der Waals surface area contributed by atoms with E-state index in [1.165, 1.54) is 11.9 Å². The molecule has 1 N–H and O–H groups in total. The van der Waals surface area contributed by atoms with Crippen molar-refractivity contribution in [2.75, 3.05) is 24.2 Å². The van der Waals surface area contributed by atoms with Crippen LogP contribution in [0.15, 0.2) is 42.5 Å². The van der Waals surface area contributed by atoms with Crippen LogP contribution in [0.2, 0.25) is 10.0 Å². The molecule has 0 aromatic heterocycles. The Kier molecular flexibility index (Phi) is 8.34. The molecule has 0 aliphatic rings. The van der Waals surface area contributed by atoms with Crippen LogP contribution >= 0.6 is 23.2 Å². The van der Waals surface area contributed by atoms with E-state index in [0.29, 0.717) is 21.3 Å². The van der Waals surface area contributed by atoms with Gasteiger partial charge in [-0.1, -0.05) is 41.4 Å². The minimum Gasteiger partial charge on any atom is -0.357 e. The Morgan fingerprint density at radius 3 is 2.19 bits per heavy atom. The lowest BCUT2D eigenvalue weighted by atomic mass is 10.1. The average molecular weight is 486 g/mol. The van der Waals surface area contributed by atoms with E-state index in [1.807, 2.05) is 13.0 Å². The van der Waals surface area contributed by atoms with Gasteiger partial charge in [0.25, 0.3) is 0 Å². The largest absolute Gasteiger partial charge is 0.357 e. The lowest BCUT2D eigenvalue weighted by Gasteiger charge is -2.31. The number of amides is 2. The highest BCUT2D eigenvalue weighted by Crippen LogP contribution is 2.27. The molecule has 168 valence electrons. The number of halogens is 2. The van der Waals surface area contributed by atoms with Crippen molar-refractivity contribution in [1.82, 2.24) is 10.2 Å². The van der Waals surface area contributed by atoms with Gasteiger partial charge in [0, 0.05) is 29.2 Å². The van der Waals surface area contributed by atoms with Crippen molar-refractivity contribution in [2.24, 2.45) is 0 Å². The van der Waals surface area contributed by atoms with Crippen LogP contribution in [0.4, 0.5) is 5.69 Å². The zero-order chi connectivity index (χ0) is 23.3. The Hall–Kier alpha value is -2.29. The molecule has 0 radical (unpaired) electrons. The molecule has 2 aromatic rings. The van der Waals surface area contributed by atoms with Gasteiger partial charge in [-0.25, -0.2) is 8.42 Å². The summed E-state index contributed by atoms with van der Waals surface area (Å²) in [5.74, 6) is -0.975. The second kappa shape index (κ2) is 10.3. The van der Waals surface area contributed by atoms with Crippen molar-refractivity contribution in [3.63, 3.8) is 0 Å². The van der Waals surface area contributed by atoms with Crippen LogP contribution in [0, 0.1) is 6.92 Å². The molecule has 0 aliphatic carbocycles. The molecule has 0 heterocycles. The quantitative estimate of drug-likeness (QED) is 0.621. The third-order valence-corrected chi connectivity index (χ3v) is 6.62. The van der Waals surface area contributed by atoms with Gasteiger partial charge in [-0.05, 0) is 43.7 Å². The van der Waals surface area contributed by atoms with Crippen molar-refractivity contribution < 1.29 is 18.0 Å². The van der Waals surface area contributed by atoms with Gasteiger partial charge < -0.3 is 10.2 Å². The van der Waals surface area contributed by atoms with Crippen LogP contribution in [0.1, 0.15) is 18.1 Å². The zero-order valence-corrected chi connectivity index (χ0v) is 20.1. The summed E-state index contributed by atoms with van der Waals surface area (Å²) in [5, 5.41) is 3.19. The molecule has 0 bridgehead atoms. The fourth-order valence-electron chi connectivity index (χ4n) is 3.04. The molecule has 10 heteroatoms. The Labute approximate surface area is 193 Å². The highest BCUT2D eigenvalue weighted by Gasteiger charge is 2.30. The number of carbonyl (C=O) groups excluding carboxylic acids is 2. The van der Waals surface area contributed by atoms with Gasteiger partial charge in [0.05, 0.1) is 11.9 Å². The highest BCUT2D eigenvalue weighted by atomic mass is 35.5. The molecule has 2 amide bonds. The minimum atomic E-state index is -3.77. The molecule has 0 saturated carbocycles. The van der Waals surface area contributed by atoms with Gasteiger partial charge in [0.1, 0.15) is 12.6 Å². The Morgan fingerprint density at radius 1 is 1.10 bits per heavy atom. The predicted molar refractivity (Wildman–Crippen MR) is 124 cm³/mol. The van der Waals surface area contributed by atoms with E-state index in [9.17, 15) is 18.0 Å². The van der Waals surface area contributed by atoms with E-state index in [0.717, 1.165) is 16.1 Å². The van der Waals surface area contributed by atoms with Gasteiger partial charge in [0.2, 0.25) is 21.8 Å². The molecule has 0 saturated heterocycles. The molecule has 31 heavy (non-hydrogen) atoms. The number of hydrogen-bond acceptors (Lipinski definition) is 4. The van der Waals surface area contributed by atoms with Gasteiger partial charge in [-0.15, -0.1) is 0 Å². The second-order valence-electron chi connectivity index (χ2n) is 7.12. The van der Waals surface area contributed by atoms with Crippen molar-refractivity contribution in [2.45, 2.75) is 26.4 Å². The van der Waals surface area contributed by atoms with Crippen molar-refractivity contribution in [3.05, 3.63) is 63.6 Å². The average Bonchev–Trinajstić information content (AvgIpc) is 2.69. The number of hydrogen-bond donors (Lipinski definition) is 1. The molecule has 2 rings (SSSR count). The van der Waals surface area contributed by atoms with Crippen LogP contribution < -0.4 is 9.62 Å². The van der Waals surface area contributed by atoms with Crippen LogP contribution in [0.25, 0.3) is 0 Å². The Bertz CT molecular complexity index is 1060. The maximum atomic E-state index is 13.3. The lowest BCUT2D eigenvalue weighted by molar-refractivity contribution is -0.139. The normalized spacial score (nSPS) is 12.2. The number of anilines is 1. The number of likely N-dealkylation sites (N-methyl/N-ethyl adjacent to an activating group) is 1. The summed E-state index contributed by atoms with van der Waals surface area (Å²) in [5.41, 5.74) is 1.67. The van der Waals surface area contributed by atoms with Gasteiger partial charge in [-0.2, -0.15) is 0 Å². The summed E-state index contributed by atoms with van der Waals surface area (Å²) in [4.78, 5) is 26.9. The SMILES string of the molecule is CNC(=O)[C@@H](C)N(Cc1c(Cl)cccc1Cl)C(=O)CN(c1cccc(C)c1)S(C)(=O)=O. The molecule has 0 aliphatic heterocycles. The first-order valence-electron chi connectivity index (χ1n) is 9.44. The topological polar surface area (TPSA) is 86.8 Å². The first-order valence-corrected chi connectivity index (χ1v) is 12.0. The summed E-state index contributed by atoms with van der Waals surface area (Å²) in [6.45, 7) is 2.84. The summed E-state index contributed by atoms with van der Waals surface area (Å²) in [6.07, 6.45) is 1.03. The van der Waals surface area contributed by atoms with E-state index >= 15 is 0 Å². The van der Waals surface area contributed by atoms with E-state index in [2.05, 4.69) is 5.32 Å². The van der Waals surface area contributed by atoms with Crippen molar-refractivity contribution in [1.29, 1.82) is 0 Å². The molecule has 0 unspecified atom stereocenters. The van der Waals surface area contributed by atoms with E-state index < -0.39 is 34.4 Å². The summed E-state index contributed by atoms with van der Waals surface area (Å²) in [6, 6.07) is 10.9. The highest BCUT2D eigenvalue weighted by molar-refractivity contribution is 7.92. The van der Waals surface area contributed by atoms with Crippen molar-refractivity contribution >= 4 is 50.7 Å². The molecule has 7 nitrogen and oxygen atoms in total. The maximum Gasteiger partial charge on any atom is 0.244 e. The lowest BCUT2D eigenvalue weighted by Crippen LogP contribution is -2.50. The number of sulfonamides is 1. The monoisotopic (exact) mass is 485 g/mol. The first-order chi connectivity index (χ1) is 14.5. The van der Waals surface area contributed by atoms with E-state index in [4.69, 9.17) is 23.2 Å². The van der Waals surface area contributed by atoms with Gasteiger partial charge >= 0.3 is 0 Å². The number of carbonyl (C=O) groups is 2. The molecular weight excluding hydrogens is 461 g/mol. The predicted octanol–water partition coefficient (Wildman–Crippen LogP) is 3.23. The van der Waals surface area contributed by atoms with Crippen LogP contribution in [-0.2, 0) is 26.2 Å². The molecule has 2 aromatic carbocycles. The summed E-state index contributed by atoms with van der Waals surface area (Å²) in [7, 11) is -2.31. The summed E-state index contributed by atoms with van der Waals surface area (Å²) < 4.78 is 25.9. The van der Waals surface area contributed by atoms with Crippen LogP contribution in [-0.4, -0.2) is 51.0 Å². The fourth-order valence-corrected chi connectivity index (χ4v) is 4.40. The Balaban J connectivity index is 2.44. The maximum absolute atomic E-state index is 13.3. The molecule has 0 fully saturated rings. The number of nitrogens with zero attached hydrogens (tertiary/aromatic N) is 2. The first kappa shape index (κ1) is 25.0. The number of benzene rings is 2. The number of nitrogens with one attached hydrogen (secondary N) is 1. The number of rotatable bonds is 8. The zero-order valence-electron chi connectivity index (χ0n) is 17.7. The van der Waals surface area contributed by atoms with E-state index in [1.54, 1.807) is 43.3 Å². The fraction of sp³-hybridized carbons (Fsp3) is 0.333. The smallest absolute Gasteiger partial charge is 0.244 e. The van der Waals surface area contributed by atoms with Crippen LogP contribution in [0.3, 0.4) is 0 Å². The second-order valence-corrected chi connectivity index (χ2v) is 9.84. The van der Waals surface area contributed by atoms with Gasteiger partial charge in [-0.3, -0.25) is 13.9 Å². The van der Waals surface area contributed by atoms with Gasteiger partial charge in [0.15, 0.2) is 0 Å². The van der Waals surface area contributed by atoms with Crippen molar-refractivity contribution in [3.8, 4) is 0 Å². The third kappa shape index (κ3) is 6.35. The third-order valence-electron chi connectivity index (χ3n) is 4.77. The van der Waals surface area contributed by atoms with E-state index in [-0.39, 0.29) is 6.54 Å². The number of aryl methyl sites for hydroxylation is 1. The standard InChI is InChI=1S/C21H25Cl2N3O4S/c1-14-7-5-8-16(11-14)26(31(4,29)30)13-20(27)25(15(2)21(28)24-3)12-17-18(22)9-6-10-19(17)23/h5-11,15H,12-13H2,1-4H3,(H,24,28)/t15-/m1/s1. The molecular formula is C21H25Cl2N3O4S.